The summed E-state index contributed by atoms with van der Waals surface area (Å²) in [6.45, 7) is 12.3. The smallest absolute Gasteiger partial charge is 0.0197 e. The molecule has 100 valence electrons. The van der Waals surface area contributed by atoms with E-state index in [1.807, 2.05) is 0 Å². The second-order valence-electron chi connectivity index (χ2n) is 6.71. The molecule has 2 fully saturated rings. The van der Waals surface area contributed by atoms with E-state index >= 15 is 0 Å². The Morgan fingerprint density at radius 1 is 1.24 bits per heavy atom. The van der Waals surface area contributed by atoms with E-state index in [0.29, 0.717) is 0 Å². The third-order valence-electron chi connectivity index (χ3n) is 4.29. The number of rotatable bonds is 5. The number of hydrogen-bond acceptors (Lipinski definition) is 2. The quantitative estimate of drug-likeness (QED) is 0.792. The average Bonchev–Trinajstić information content (AvgIpc) is 3.03. The Hall–Kier alpha value is -0.0800. The second-order valence-corrected chi connectivity index (χ2v) is 6.71. The zero-order valence-electron chi connectivity index (χ0n) is 11.9. The Morgan fingerprint density at radius 2 is 2.00 bits per heavy atom. The van der Waals surface area contributed by atoms with Gasteiger partial charge in [0, 0.05) is 19.1 Å². The van der Waals surface area contributed by atoms with Gasteiger partial charge in [0.15, 0.2) is 0 Å². The van der Waals surface area contributed by atoms with E-state index < -0.39 is 0 Å². The molecule has 2 heteroatoms. The molecule has 0 amide bonds. The standard InChI is InChI=1S/C15H30N2/c1-12(2)9-15-11-17(8-4-7-16-15)10-13(3)14-5-6-14/h12-16H,4-11H2,1-3H3. The number of nitrogens with zero attached hydrogens (tertiary/aromatic N) is 1. The summed E-state index contributed by atoms with van der Waals surface area (Å²) in [6.07, 6.45) is 5.63. The summed E-state index contributed by atoms with van der Waals surface area (Å²) in [5.74, 6) is 2.79. The van der Waals surface area contributed by atoms with Gasteiger partial charge in [-0.1, -0.05) is 20.8 Å². The van der Waals surface area contributed by atoms with Crippen LogP contribution in [0.3, 0.4) is 0 Å². The van der Waals surface area contributed by atoms with Crippen LogP contribution in [-0.2, 0) is 0 Å². The van der Waals surface area contributed by atoms with Crippen molar-refractivity contribution in [3.8, 4) is 0 Å². The van der Waals surface area contributed by atoms with Gasteiger partial charge in [-0.2, -0.15) is 0 Å². The molecule has 2 rings (SSSR count). The Labute approximate surface area is 107 Å². The van der Waals surface area contributed by atoms with Gasteiger partial charge in [-0.05, 0) is 56.5 Å². The Balaban J connectivity index is 1.78. The van der Waals surface area contributed by atoms with Gasteiger partial charge in [0.25, 0.3) is 0 Å². The van der Waals surface area contributed by atoms with Crippen LogP contribution in [0.25, 0.3) is 0 Å². The SMILES string of the molecule is CC(C)CC1CN(CC(C)C2CC2)CCCN1. The fourth-order valence-electron chi connectivity index (χ4n) is 3.19. The zero-order valence-corrected chi connectivity index (χ0v) is 11.9. The molecule has 1 saturated heterocycles. The molecule has 1 heterocycles. The molecule has 1 saturated carbocycles. The molecular formula is C15H30N2. The van der Waals surface area contributed by atoms with Crippen LogP contribution in [0, 0.1) is 17.8 Å². The van der Waals surface area contributed by atoms with Gasteiger partial charge in [0.1, 0.15) is 0 Å². The summed E-state index contributed by atoms with van der Waals surface area (Å²) >= 11 is 0. The van der Waals surface area contributed by atoms with Gasteiger partial charge in [0.2, 0.25) is 0 Å². The topological polar surface area (TPSA) is 15.3 Å². The van der Waals surface area contributed by atoms with Gasteiger partial charge in [0.05, 0.1) is 0 Å². The third-order valence-corrected chi connectivity index (χ3v) is 4.29. The maximum Gasteiger partial charge on any atom is 0.0197 e. The van der Waals surface area contributed by atoms with E-state index in [1.54, 1.807) is 0 Å². The highest BCUT2D eigenvalue weighted by Gasteiger charge is 2.30. The maximum atomic E-state index is 3.72. The molecule has 0 spiro atoms. The van der Waals surface area contributed by atoms with Crippen LogP contribution in [0.1, 0.15) is 46.5 Å². The lowest BCUT2D eigenvalue weighted by Gasteiger charge is -2.27. The molecule has 1 N–H and O–H groups in total. The first-order chi connectivity index (χ1) is 8.15. The monoisotopic (exact) mass is 238 g/mol. The van der Waals surface area contributed by atoms with Crippen LogP contribution in [0.5, 0.6) is 0 Å². The van der Waals surface area contributed by atoms with E-state index in [-0.39, 0.29) is 0 Å². The van der Waals surface area contributed by atoms with Gasteiger partial charge < -0.3 is 10.2 Å². The highest BCUT2D eigenvalue weighted by molar-refractivity contribution is 4.83. The summed E-state index contributed by atoms with van der Waals surface area (Å²) in [4.78, 5) is 2.72. The van der Waals surface area contributed by atoms with E-state index in [1.165, 1.54) is 51.9 Å². The first-order valence-electron chi connectivity index (χ1n) is 7.61. The van der Waals surface area contributed by atoms with Crippen molar-refractivity contribution in [3.05, 3.63) is 0 Å². The van der Waals surface area contributed by atoms with E-state index in [4.69, 9.17) is 0 Å². The van der Waals surface area contributed by atoms with Crippen molar-refractivity contribution in [1.29, 1.82) is 0 Å². The van der Waals surface area contributed by atoms with Crippen LogP contribution in [-0.4, -0.2) is 37.1 Å². The fourth-order valence-corrected chi connectivity index (χ4v) is 3.19. The van der Waals surface area contributed by atoms with Crippen LogP contribution in [0.4, 0.5) is 0 Å². The summed E-state index contributed by atoms with van der Waals surface area (Å²) < 4.78 is 0. The maximum absolute atomic E-state index is 3.72. The molecule has 0 bridgehead atoms. The second kappa shape index (κ2) is 6.19. The lowest BCUT2D eigenvalue weighted by Crippen LogP contribution is -2.40. The van der Waals surface area contributed by atoms with Gasteiger partial charge >= 0.3 is 0 Å². The molecule has 1 aliphatic heterocycles. The first-order valence-corrected chi connectivity index (χ1v) is 7.61. The summed E-state index contributed by atoms with van der Waals surface area (Å²) in [7, 11) is 0. The highest BCUT2D eigenvalue weighted by atomic mass is 15.2. The highest BCUT2D eigenvalue weighted by Crippen LogP contribution is 2.36. The first kappa shape index (κ1) is 13.4. The number of nitrogens with one attached hydrogen (secondary N) is 1. The van der Waals surface area contributed by atoms with Crippen molar-refractivity contribution >= 4 is 0 Å². The third kappa shape index (κ3) is 4.59. The summed E-state index contributed by atoms with van der Waals surface area (Å²) in [5, 5.41) is 3.72. The van der Waals surface area contributed by atoms with E-state index in [2.05, 4.69) is 31.0 Å². The van der Waals surface area contributed by atoms with Crippen molar-refractivity contribution in [3.63, 3.8) is 0 Å². The minimum absolute atomic E-state index is 0.726. The molecule has 0 aromatic rings. The lowest BCUT2D eigenvalue weighted by molar-refractivity contribution is 0.215. The molecule has 2 atom stereocenters. The molecular weight excluding hydrogens is 208 g/mol. The summed E-state index contributed by atoms with van der Waals surface area (Å²) in [5.41, 5.74) is 0. The predicted molar refractivity (Wildman–Crippen MR) is 74.2 cm³/mol. The van der Waals surface area contributed by atoms with Gasteiger partial charge in [-0.3, -0.25) is 0 Å². The molecule has 17 heavy (non-hydrogen) atoms. The molecule has 0 aromatic carbocycles. The van der Waals surface area contributed by atoms with Gasteiger partial charge in [-0.25, -0.2) is 0 Å². The normalized spacial score (nSPS) is 29.3. The van der Waals surface area contributed by atoms with Crippen molar-refractivity contribution in [1.82, 2.24) is 10.2 Å². The Bertz CT molecular complexity index is 223. The van der Waals surface area contributed by atoms with Crippen molar-refractivity contribution in [2.75, 3.05) is 26.2 Å². The van der Waals surface area contributed by atoms with E-state index in [0.717, 1.165) is 23.8 Å². The average molecular weight is 238 g/mol. The molecule has 2 aliphatic rings. The lowest BCUT2D eigenvalue weighted by atomic mass is 10.0. The minimum atomic E-state index is 0.726. The molecule has 0 radical (unpaired) electrons. The summed E-state index contributed by atoms with van der Waals surface area (Å²) in [6, 6.07) is 0.726. The van der Waals surface area contributed by atoms with Crippen molar-refractivity contribution < 1.29 is 0 Å². The van der Waals surface area contributed by atoms with Crippen LogP contribution < -0.4 is 5.32 Å². The molecule has 1 aliphatic carbocycles. The van der Waals surface area contributed by atoms with E-state index in [9.17, 15) is 0 Å². The van der Waals surface area contributed by atoms with Crippen LogP contribution >= 0.6 is 0 Å². The van der Waals surface area contributed by atoms with Crippen molar-refractivity contribution in [2.24, 2.45) is 17.8 Å². The Kier molecular flexibility index (Phi) is 4.87. The fraction of sp³-hybridized carbons (Fsp3) is 1.00. The van der Waals surface area contributed by atoms with Gasteiger partial charge in [-0.15, -0.1) is 0 Å². The molecule has 2 nitrogen and oxygen atoms in total. The predicted octanol–water partition coefficient (Wildman–Crippen LogP) is 2.74. The van der Waals surface area contributed by atoms with Crippen LogP contribution in [0.15, 0.2) is 0 Å². The zero-order chi connectivity index (χ0) is 12.3. The minimum Gasteiger partial charge on any atom is -0.313 e. The molecule has 0 aromatic heterocycles. The van der Waals surface area contributed by atoms with Crippen molar-refractivity contribution in [2.45, 2.75) is 52.5 Å². The Morgan fingerprint density at radius 3 is 2.65 bits per heavy atom. The number of hydrogen-bond donors (Lipinski definition) is 1. The van der Waals surface area contributed by atoms with Crippen LogP contribution in [0.2, 0.25) is 0 Å². The molecule has 2 unspecified atom stereocenters. The largest absolute Gasteiger partial charge is 0.313 e.